The summed E-state index contributed by atoms with van der Waals surface area (Å²) in [6.07, 6.45) is 3.50. The van der Waals surface area contributed by atoms with Gasteiger partial charge < -0.3 is 9.88 Å². The first-order valence-electron chi connectivity index (χ1n) is 7.24. The maximum absolute atomic E-state index is 13.3. The summed E-state index contributed by atoms with van der Waals surface area (Å²) in [5, 5.41) is 2.93. The van der Waals surface area contributed by atoms with E-state index in [1.165, 1.54) is 18.2 Å². The molecule has 2 aromatic carbocycles. The van der Waals surface area contributed by atoms with E-state index in [-0.39, 0.29) is 11.5 Å². The minimum absolute atomic E-state index is 0.278. The molecule has 0 aliphatic carbocycles. The van der Waals surface area contributed by atoms with Gasteiger partial charge in [0.05, 0.1) is 0 Å². The molecular weight excluding hydrogens is 293 g/mol. The molecule has 0 spiro atoms. The molecule has 0 saturated carbocycles. The van der Waals surface area contributed by atoms with Crippen molar-refractivity contribution >= 4 is 5.91 Å². The molecule has 3 aromatic rings. The Bertz CT molecular complexity index is 814. The highest BCUT2D eigenvalue weighted by atomic mass is 19.1. The maximum Gasteiger partial charge on any atom is 0.252 e. The summed E-state index contributed by atoms with van der Waals surface area (Å²) >= 11 is 0. The van der Waals surface area contributed by atoms with Crippen LogP contribution < -0.4 is 5.32 Å². The van der Waals surface area contributed by atoms with Crippen LogP contribution in [0.1, 0.15) is 27.8 Å². The highest BCUT2D eigenvalue weighted by molar-refractivity contribution is 5.94. The maximum atomic E-state index is 13.3. The molecule has 1 atom stereocenters. The second-order valence-corrected chi connectivity index (χ2v) is 5.22. The Labute approximate surface area is 133 Å². The van der Waals surface area contributed by atoms with Gasteiger partial charge in [0.25, 0.3) is 5.91 Å². The fraction of sp³-hybridized carbons (Fsp3) is 0.111. The van der Waals surface area contributed by atoms with Crippen LogP contribution in [0.3, 0.4) is 0 Å². The molecule has 1 N–H and O–H groups in total. The quantitative estimate of drug-likeness (QED) is 0.805. The Morgan fingerprint density at radius 1 is 1.17 bits per heavy atom. The summed E-state index contributed by atoms with van der Waals surface area (Å²) in [7, 11) is 1.87. The molecule has 1 amide bonds. The van der Waals surface area contributed by atoms with Gasteiger partial charge in [-0.3, -0.25) is 4.79 Å². The van der Waals surface area contributed by atoms with Gasteiger partial charge in [-0.2, -0.15) is 0 Å². The molecule has 1 heterocycles. The number of nitrogens with zero attached hydrogens (tertiary/aromatic N) is 2. The Balaban J connectivity index is 1.94. The smallest absolute Gasteiger partial charge is 0.252 e. The van der Waals surface area contributed by atoms with Gasteiger partial charge in [0.15, 0.2) is 0 Å². The van der Waals surface area contributed by atoms with Gasteiger partial charge in [-0.15, -0.1) is 0 Å². The van der Waals surface area contributed by atoms with E-state index in [1.54, 1.807) is 12.3 Å². The third-order valence-electron chi connectivity index (χ3n) is 3.61. The molecule has 3 rings (SSSR count). The first kappa shape index (κ1) is 15.0. The number of amides is 1. The monoisotopic (exact) mass is 309 g/mol. The van der Waals surface area contributed by atoms with Gasteiger partial charge in [0.2, 0.25) is 0 Å². The van der Waals surface area contributed by atoms with Crippen molar-refractivity contribution in [3.05, 3.63) is 89.8 Å². The topological polar surface area (TPSA) is 46.9 Å². The molecule has 0 unspecified atom stereocenters. The van der Waals surface area contributed by atoms with Gasteiger partial charge in [0, 0.05) is 25.0 Å². The van der Waals surface area contributed by atoms with Crippen molar-refractivity contribution in [3.63, 3.8) is 0 Å². The molecule has 5 heteroatoms. The summed E-state index contributed by atoms with van der Waals surface area (Å²) in [5.74, 6) is -0.0757. The first-order valence-corrected chi connectivity index (χ1v) is 7.24. The molecule has 4 nitrogen and oxygen atoms in total. The fourth-order valence-electron chi connectivity index (χ4n) is 2.44. The molecular formula is C18H16FN3O. The normalized spacial score (nSPS) is 11.9. The molecule has 0 bridgehead atoms. The lowest BCUT2D eigenvalue weighted by Gasteiger charge is -2.19. The zero-order valence-corrected chi connectivity index (χ0v) is 12.6. The van der Waals surface area contributed by atoms with E-state index in [4.69, 9.17) is 0 Å². The van der Waals surface area contributed by atoms with Crippen LogP contribution in [0, 0.1) is 5.82 Å². The van der Waals surface area contributed by atoms with Crippen LogP contribution in [-0.4, -0.2) is 15.5 Å². The Hall–Kier alpha value is -2.95. The lowest BCUT2D eigenvalue weighted by molar-refractivity contribution is 0.0940. The van der Waals surface area contributed by atoms with Crippen LogP contribution in [0.15, 0.2) is 67.0 Å². The predicted molar refractivity (Wildman–Crippen MR) is 85.4 cm³/mol. The lowest BCUT2D eigenvalue weighted by Crippen LogP contribution is -2.31. The lowest BCUT2D eigenvalue weighted by atomic mass is 10.1. The van der Waals surface area contributed by atoms with E-state index in [2.05, 4.69) is 10.3 Å². The fourth-order valence-corrected chi connectivity index (χ4v) is 2.44. The van der Waals surface area contributed by atoms with Crippen molar-refractivity contribution in [2.75, 3.05) is 0 Å². The number of halogens is 1. The molecule has 1 aromatic heterocycles. The number of carbonyl (C=O) groups excluding carboxylic acids is 1. The Kier molecular flexibility index (Phi) is 4.19. The number of hydrogen-bond donors (Lipinski definition) is 1. The molecule has 0 aliphatic heterocycles. The zero-order valence-electron chi connectivity index (χ0n) is 12.6. The van der Waals surface area contributed by atoms with Gasteiger partial charge in [0.1, 0.15) is 17.7 Å². The average Bonchev–Trinajstić information content (AvgIpc) is 2.99. The third kappa shape index (κ3) is 3.29. The number of imidazole rings is 1. The van der Waals surface area contributed by atoms with Crippen molar-refractivity contribution in [3.8, 4) is 0 Å². The SMILES string of the molecule is Cn1ccnc1[C@H](NC(=O)c1cccc(F)c1)c1ccccc1. The highest BCUT2D eigenvalue weighted by Gasteiger charge is 2.21. The van der Waals surface area contributed by atoms with Gasteiger partial charge in [-0.05, 0) is 23.8 Å². The molecule has 0 saturated heterocycles. The minimum Gasteiger partial charge on any atom is -0.338 e. The van der Waals surface area contributed by atoms with E-state index in [1.807, 2.05) is 48.1 Å². The van der Waals surface area contributed by atoms with Crippen LogP contribution >= 0.6 is 0 Å². The minimum atomic E-state index is -0.439. The van der Waals surface area contributed by atoms with E-state index in [9.17, 15) is 9.18 Å². The largest absolute Gasteiger partial charge is 0.338 e. The third-order valence-corrected chi connectivity index (χ3v) is 3.61. The van der Waals surface area contributed by atoms with Crippen LogP contribution in [0.25, 0.3) is 0 Å². The Morgan fingerprint density at radius 2 is 1.96 bits per heavy atom. The van der Waals surface area contributed by atoms with Crippen molar-refractivity contribution in [2.24, 2.45) is 7.05 Å². The summed E-state index contributed by atoms with van der Waals surface area (Å²) in [5.41, 5.74) is 1.19. The second-order valence-electron chi connectivity index (χ2n) is 5.22. The van der Waals surface area contributed by atoms with Gasteiger partial charge in [-0.25, -0.2) is 9.37 Å². The van der Waals surface area contributed by atoms with E-state index < -0.39 is 11.9 Å². The number of benzene rings is 2. The molecule has 23 heavy (non-hydrogen) atoms. The number of rotatable bonds is 4. The molecule has 0 fully saturated rings. The predicted octanol–water partition coefficient (Wildman–Crippen LogP) is 3.08. The van der Waals surface area contributed by atoms with E-state index >= 15 is 0 Å². The number of aromatic nitrogens is 2. The summed E-state index contributed by atoms with van der Waals surface area (Å²) in [4.78, 5) is 16.8. The van der Waals surface area contributed by atoms with Crippen LogP contribution in [0.2, 0.25) is 0 Å². The van der Waals surface area contributed by atoms with Crippen LogP contribution in [-0.2, 0) is 7.05 Å². The van der Waals surface area contributed by atoms with E-state index in [0.717, 1.165) is 5.56 Å². The zero-order chi connectivity index (χ0) is 16.2. The molecule has 0 aliphatic rings. The summed E-state index contributed by atoms with van der Waals surface area (Å²) < 4.78 is 15.2. The van der Waals surface area contributed by atoms with Crippen molar-refractivity contribution in [2.45, 2.75) is 6.04 Å². The van der Waals surface area contributed by atoms with Gasteiger partial charge >= 0.3 is 0 Å². The number of carbonyl (C=O) groups is 1. The van der Waals surface area contributed by atoms with Crippen LogP contribution in [0.5, 0.6) is 0 Å². The number of nitrogens with one attached hydrogen (secondary N) is 1. The Morgan fingerprint density at radius 3 is 2.61 bits per heavy atom. The summed E-state index contributed by atoms with van der Waals surface area (Å²) in [6, 6.07) is 14.8. The molecule has 0 radical (unpaired) electrons. The van der Waals surface area contributed by atoms with Crippen molar-refractivity contribution < 1.29 is 9.18 Å². The second kappa shape index (κ2) is 6.44. The van der Waals surface area contributed by atoms with Crippen molar-refractivity contribution in [1.82, 2.24) is 14.9 Å². The summed E-state index contributed by atoms with van der Waals surface area (Å²) in [6.45, 7) is 0. The molecule has 116 valence electrons. The van der Waals surface area contributed by atoms with E-state index in [0.29, 0.717) is 5.82 Å². The first-order chi connectivity index (χ1) is 11.1. The van der Waals surface area contributed by atoms with Crippen LogP contribution in [0.4, 0.5) is 4.39 Å². The standard InChI is InChI=1S/C18H16FN3O/c1-22-11-10-20-17(22)16(13-6-3-2-4-7-13)21-18(23)14-8-5-9-15(19)12-14/h2-12,16H,1H3,(H,21,23)/t16-/m1/s1. The highest BCUT2D eigenvalue weighted by Crippen LogP contribution is 2.20. The average molecular weight is 309 g/mol. The number of aryl methyl sites for hydroxylation is 1. The van der Waals surface area contributed by atoms with Gasteiger partial charge in [-0.1, -0.05) is 36.4 Å². The number of hydrogen-bond acceptors (Lipinski definition) is 2. The van der Waals surface area contributed by atoms with Crippen molar-refractivity contribution in [1.29, 1.82) is 0 Å².